The van der Waals surface area contributed by atoms with Gasteiger partial charge in [-0.1, -0.05) is 122 Å². The Hall–Kier alpha value is -7.18. The molecule has 0 aliphatic heterocycles. The van der Waals surface area contributed by atoms with Crippen LogP contribution >= 0.6 is 0 Å². The van der Waals surface area contributed by atoms with Gasteiger partial charge >= 0.3 is 0 Å². The van der Waals surface area contributed by atoms with E-state index >= 15 is 0 Å². The van der Waals surface area contributed by atoms with Gasteiger partial charge < -0.3 is 29.9 Å². The topological polar surface area (TPSA) is 114 Å². The Labute approximate surface area is 337 Å². The molecule has 0 bridgehead atoms. The molecule has 0 amide bonds. The number of benzene rings is 6. The van der Waals surface area contributed by atoms with E-state index in [2.05, 4.69) is 30.9 Å². The van der Waals surface area contributed by atoms with Gasteiger partial charge in [-0.05, 0) is 108 Å². The predicted octanol–water partition coefficient (Wildman–Crippen LogP) is 13.6. The summed E-state index contributed by atoms with van der Waals surface area (Å²) in [6.07, 6.45) is 18.9. The Bertz CT molecular complexity index is 2720. The Morgan fingerprint density at radius 3 is 1.67 bits per heavy atom. The van der Waals surface area contributed by atoms with Gasteiger partial charge in [0, 0.05) is 22.3 Å². The van der Waals surface area contributed by atoms with Crippen LogP contribution in [-0.2, 0) is 0 Å². The van der Waals surface area contributed by atoms with E-state index in [4.69, 9.17) is 4.42 Å². The van der Waals surface area contributed by atoms with Crippen molar-refractivity contribution in [2.75, 3.05) is 0 Å². The molecule has 6 heteroatoms. The van der Waals surface area contributed by atoms with Gasteiger partial charge in [-0.15, -0.1) is 0 Å². The minimum Gasteiger partial charge on any atom is -0.508 e. The zero-order chi connectivity index (χ0) is 40.5. The number of hydrogen-bond acceptors (Lipinski definition) is 6. The fourth-order valence-electron chi connectivity index (χ4n) is 8.40. The van der Waals surface area contributed by atoms with Gasteiger partial charge in [-0.25, -0.2) is 0 Å². The Kier molecular flexibility index (Phi) is 10.2. The first-order chi connectivity index (χ1) is 28.2. The zero-order valence-electron chi connectivity index (χ0n) is 32.5. The minimum absolute atomic E-state index is 0.0203. The van der Waals surface area contributed by atoms with E-state index in [1.807, 2.05) is 74.5 Å². The number of phenolic OH excluding ortho intramolecular Hbond substituents is 5. The Morgan fingerprint density at radius 2 is 1.14 bits per heavy atom. The molecule has 0 fully saturated rings. The van der Waals surface area contributed by atoms with Crippen molar-refractivity contribution in [1.29, 1.82) is 0 Å². The van der Waals surface area contributed by atoms with Gasteiger partial charge in [0.1, 0.15) is 40.3 Å². The molecule has 0 radical (unpaired) electrons. The molecule has 6 nitrogen and oxygen atoms in total. The molecule has 1 heterocycles. The summed E-state index contributed by atoms with van der Waals surface area (Å²) in [4.78, 5) is 0. The van der Waals surface area contributed by atoms with Crippen LogP contribution in [0, 0.1) is 6.92 Å². The average molecular weight is 765 g/mol. The molecule has 0 atom stereocenters. The maximum Gasteiger partial charge on any atom is 0.141 e. The van der Waals surface area contributed by atoms with Crippen molar-refractivity contribution < 1.29 is 29.9 Å². The highest BCUT2D eigenvalue weighted by atomic mass is 16.3. The van der Waals surface area contributed by atoms with Crippen LogP contribution < -0.4 is 0 Å². The molecule has 0 saturated carbocycles. The molecule has 5 N–H and O–H groups in total. The van der Waals surface area contributed by atoms with Crippen LogP contribution in [0.15, 0.2) is 145 Å². The van der Waals surface area contributed by atoms with Gasteiger partial charge in [-0.2, -0.15) is 0 Å². The lowest BCUT2D eigenvalue weighted by molar-refractivity contribution is 0.436. The highest BCUT2D eigenvalue weighted by molar-refractivity contribution is 6.22. The molecule has 1 aromatic heterocycles. The standard InChI is InChI=1S/C52H44O6/c1-4-15-41(43-31(3)58-52(42(43)16-5-2)34-17-9-7-6-8-10-18-34)46-37-19-11-13-21-39(37)47(40-22-14-12-20-38(40)46)48-50(56)44(32-23-27-35(53)28-24-32)49(55)45(51(48)57)33-25-29-36(54)30-26-33/h4-5,9,11-30,53-57H,1,6-8,10H2,2-3H3/b16-5-,17-9?,34-18?,41-15+. The van der Waals surface area contributed by atoms with E-state index in [1.165, 1.54) is 24.3 Å². The predicted molar refractivity (Wildman–Crippen MR) is 237 cm³/mol. The zero-order valence-corrected chi connectivity index (χ0v) is 32.5. The molecular formula is C52H44O6. The molecule has 1 aliphatic rings. The third-order valence-electron chi connectivity index (χ3n) is 10.9. The fourth-order valence-corrected chi connectivity index (χ4v) is 8.40. The third kappa shape index (κ3) is 6.52. The van der Waals surface area contributed by atoms with Crippen LogP contribution in [0.2, 0.25) is 0 Å². The minimum atomic E-state index is -0.353. The number of rotatable bonds is 8. The summed E-state index contributed by atoms with van der Waals surface area (Å²) < 4.78 is 6.70. The molecule has 58 heavy (non-hydrogen) atoms. The van der Waals surface area contributed by atoms with E-state index in [0.29, 0.717) is 16.7 Å². The van der Waals surface area contributed by atoms with Crippen molar-refractivity contribution in [3.63, 3.8) is 0 Å². The molecule has 1 aliphatic carbocycles. The maximum atomic E-state index is 12.4. The Balaban J connectivity index is 1.48. The average Bonchev–Trinajstić information content (AvgIpc) is 3.53. The summed E-state index contributed by atoms with van der Waals surface area (Å²) in [5.74, 6) is 0.591. The van der Waals surface area contributed by atoms with E-state index in [1.54, 1.807) is 30.3 Å². The lowest BCUT2D eigenvalue weighted by Gasteiger charge is -2.23. The second-order valence-corrected chi connectivity index (χ2v) is 14.5. The summed E-state index contributed by atoms with van der Waals surface area (Å²) in [6, 6.07) is 28.1. The lowest BCUT2D eigenvalue weighted by Crippen LogP contribution is -1.98. The number of aryl methyl sites for hydroxylation is 1. The van der Waals surface area contributed by atoms with Gasteiger partial charge in [0.2, 0.25) is 0 Å². The van der Waals surface area contributed by atoms with E-state index in [9.17, 15) is 25.5 Å². The summed E-state index contributed by atoms with van der Waals surface area (Å²) in [5, 5.41) is 60.3. The summed E-state index contributed by atoms with van der Waals surface area (Å²) in [5.41, 5.74) is 6.47. The van der Waals surface area contributed by atoms with Crippen molar-refractivity contribution in [3.05, 3.63) is 168 Å². The molecule has 7 aromatic rings. The van der Waals surface area contributed by atoms with E-state index in [0.717, 1.165) is 86.6 Å². The molecule has 8 rings (SSSR count). The van der Waals surface area contributed by atoms with Crippen LogP contribution in [0.5, 0.6) is 28.7 Å². The van der Waals surface area contributed by atoms with Crippen molar-refractivity contribution >= 4 is 38.8 Å². The van der Waals surface area contributed by atoms with Crippen LogP contribution in [0.1, 0.15) is 60.8 Å². The molecule has 0 spiro atoms. The lowest BCUT2D eigenvalue weighted by atomic mass is 9.81. The fraction of sp³-hybridized carbons (Fsp3) is 0.115. The first-order valence-corrected chi connectivity index (χ1v) is 19.5. The molecule has 6 aromatic carbocycles. The van der Waals surface area contributed by atoms with Crippen molar-refractivity contribution in [1.82, 2.24) is 0 Å². The molecular weight excluding hydrogens is 721 g/mol. The summed E-state index contributed by atoms with van der Waals surface area (Å²) in [7, 11) is 0. The van der Waals surface area contributed by atoms with Gasteiger partial charge in [0.05, 0.1) is 16.7 Å². The van der Waals surface area contributed by atoms with Crippen LogP contribution in [-0.4, -0.2) is 25.5 Å². The maximum absolute atomic E-state index is 12.4. The third-order valence-corrected chi connectivity index (χ3v) is 10.9. The number of aromatic hydroxyl groups is 5. The summed E-state index contributed by atoms with van der Waals surface area (Å²) in [6.45, 7) is 8.15. The van der Waals surface area contributed by atoms with Crippen molar-refractivity contribution in [2.45, 2.75) is 39.5 Å². The van der Waals surface area contributed by atoms with Gasteiger partial charge in [0.25, 0.3) is 0 Å². The SMILES string of the molecule is C=C/C=C(\c1c(C)oc(C2=CCCCCC=C2)c1/C=C\C)c1c2ccccc2c(-c2c(O)c(-c3ccc(O)cc3)c(O)c(-c3ccc(O)cc3)c2O)c2ccccc12. The van der Waals surface area contributed by atoms with Crippen LogP contribution in [0.4, 0.5) is 0 Å². The Morgan fingerprint density at radius 1 is 0.621 bits per heavy atom. The smallest absolute Gasteiger partial charge is 0.141 e. The van der Waals surface area contributed by atoms with Gasteiger partial charge in [-0.3, -0.25) is 0 Å². The van der Waals surface area contributed by atoms with Crippen LogP contribution in [0.25, 0.3) is 72.1 Å². The molecule has 288 valence electrons. The van der Waals surface area contributed by atoms with Crippen molar-refractivity contribution in [2.24, 2.45) is 0 Å². The normalized spacial score (nSPS) is 13.6. The second kappa shape index (κ2) is 15.8. The first kappa shape index (κ1) is 37.7. The highest BCUT2D eigenvalue weighted by Gasteiger charge is 2.31. The van der Waals surface area contributed by atoms with Gasteiger partial charge in [0.15, 0.2) is 0 Å². The molecule has 0 unspecified atom stereocenters. The quantitative estimate of drug-likeness (QED) is 0.0778. The number of furan rings is 1. The molecule has 0 saturated heterocycles. The van der Waals surface area contributed by atoms with E-state index < -0.39 is 0 Å². The second-order valence-electron chi connectivity index (χ2n) is 14.5. The monoisotopic (exact) mass is 764 g/mol. The number of phenols is 5. The first-order valence-electron chi connectivity index (χ1n) is 19.5. The van der Waals surface area contributed by atoms with Crippen molar-refractivity contribution in [3.8, 4) is 62.1 Å². The van der Waals surface area contributed by atoms with Crippen LogP contribution in [0.3, 0.4) is 0 Å². The number of allylic oxidation sites excluding steroid dienone is 7. The van der Waals surface area contributed by atoms with E-state index in [-0.39, 0.29) is 45.4 Å². The number of fused-ring (bicyclic) bond motifs is 2. The number of hydrogen-bond donors (Lipinski definition) is 5. The highest BCUT2D eigenvalue weighted by Crippen LogP contribution is 2.58. The largest absolute Gasteiger partial charge is 0.508 e. The summed E-state index contributed by atoms with van der Waals surface area (Å²) >= 11 is 0.